The Balaban J connectivity index is 1.67. The number of aryl methyl sites for hydroxylation is 2. The van der Waals surface area contributed by atoms with Crippen LogP contribution in [0.3, 0.4) is 0 Å². The van der Waals surface area contributed by atoms with Crippen molar-refractivity contribution in [2.75, 3.05) is 5.32 Å². The zero-order chi connectivity index (χ0) is 16.4. The van der Waals surface area contributed by atoms with Gasteiger partial charge in [-0.15, -0.1) is 11.3 Å². The van der Waals surface area contributed by atoms with Gasteiger partial charge in [-0.2, -0.15) is 0 Å². The van der Waals surface area contributed by atoms with Crippen molar-refractivity contribution in [2.24, 2.45) is 0 Å². The number of nitrogens with one attached hydrogen (secondary N) is 1. The van der Waals surface area contributed by atoms with E-state index in [1.807, 2.05) is 12.3 Å². The summed E-state index contributed by atoms with van der Waals surface area (Å²) in [6.07, 6.45) is 3.32. The van der Waals surface area contributed by atoms with Gasteiger partial charge in [-0.05, 0) is 31.5 Å². The second-order valence-electron chi connectivity index (χ2n) is 5.26. The number of imidazole rings is 1. The summed E-state index contributed by atoms with van der Waals surface area (Å²) in [5.74, 6) is -0.755. The molecule has 0 saturated heterocycles. The Morgan fingerprint density at radius 1 is 1.39 bits per heavy atom. The largest absolute Gasteiger partial charge is 0.327 e. The molecule has 1 aromatic carbocycles. The molecule has 0 fully saturated rings. The summed E-state index contributed by atoms with van der Waals surface area (Å²) >= 11 is 1.50. The third-order valence-electron chi connectivity index (χ3n) is 3.20. The van der Waals surface area contributed by atoms with Gasteiger partial charge in [0.15, 0.2) is 0 Å². The van der Waals surface area contributed by atoms with Gasteiger partial charge in [0.1, 0.15) is 23.1 Å². The second kappa shape index (κ2) is 6.29. The molecule has 2 heterocycles. The normalized spacial score (nSPS) is 10.7. The molecular formula is C16H15FN4OS. The SMILES string of the molecule is Cc1ccc(NC(=O)Cn2cnc(-c3nc(C)cs3)c2)c(F)c1. The minimum absolute atomic E-state index is 0.0602. The number of nitrogens with zero attached hydrogens (tertiary/aromatic N) is 3. The minimum atomic E-state index is -0.442. The Kier molecular flexibility index (Phi) is 4.20. The minimum Gasteiger partial charge on any atom is -0.327 e. The fraction of sp³-hybridized carbons (Fsp3) is 0.188. The number of carbonyl (C=O) groups excluding carboxylic acids is 1. The molecule has 0 aliphatic heterocycles. The summed E-state index contributed by atoms with van der Waals surface area (Å²) < 4.78 is 15.4. The summed E-state index contributed by atoms with van der Waals surface area (Å²) in [6, 6.07) is 4.69. The number of carbonyl (C=O) groups is 1. The number of thiazole rings is 1. The third-order valence-corrected chi connectivity index (χ3v) is 4.18. The van der Waals surface area contributed by atoms with E-state index in [1.165, 1.54) is 17.4 Å². The van der Waals surface area contributed by atoms with Crippen molar-refractivity contribution in [2.45, 2.75) is 20.4 Å². The van der Waals surface area contributed by atoms with Crippen LogP contribution >= 0.6 is 11.3 Å². The van der Waals surface area contributed by atoms with E-state index in [0.29, 0.717) is 0 Å². The molecule has 5 nitrogen and oxygen atoms in total. The van der Waals surface area contributed by atoms with Gasteiger partial charge in [0.05, 0.1) is 12.0 Å². The van der Waals surface area contributed by atoms with E-state index in [9.17, 15) is 9.18 Å². The van der Waals surface area contributed by atoms with Crippen LogP contribution in [0, 0.1) is 19.7 Å². The van der Waals surface area contributed by atoms with Crippen molar-refractivity contribution < 1.29 is 9.18 Å². The molecule has 7 heteroatoms. The number of hydrogen-bond acceptors (Lipinski definition) is 4. The Labute approximate surface area is 136 Å². The van der Waals surface area contributed by atoms with Crippen LogP contribution in [-0.2, 0) is 11.3 Å². The van der Waals surface area contributed by atoms with Gasteiger partial charge in [0, 0.05) is 17.3 Å². The lowest BCUT2D eigenvalue weighted by atomic mass is 10.2. The first-order chi connectivity index (χ1) is 11.0. The van der Waals surface area contributed by atoms with Crippen LogP contribution in [0.4, 0.5) is 10.1 Å². The maximum absolute atomic E-state index is 13.7. The number of aromatic nitrogens is 3. The molecule has 0 saturated carbocycles. The third kappa shape index (κ3) is 3.62. The molecule has 118 valence electrons. The lowest BCUT2D eigenvalue weighted by Gasteiger charge is -2.07. The molecule has 3 rings (SSSR count). The van der Waals surface area contributed by atoms with E-state index in [2.05, 4.69) is 15.3 Å². The van der Waals surface area contributed by atoms with Crippen LogP contribution in [0.15, 0.2) is 36.1 Å². The Morgan fingerprint density at radius 2 is 2.22 bits per heavy atom. The van der Waals surface area contributed by atoms with Crippen LogP contribution in [0.2, 0.25) is 0 Å². The van der Waals surface area contributed by atoms with Gasteiger partial charge in [-0.3, -0.25) is 4.79 Å². The number of halogens is 1. The Bertz CT molecular complexity index is 855. The molecule has 1 N–H and O–H groups in total. The van der Waals surface area contributed by atoms with Crippen LogP contribution in [0.5, 0.6) is 0 Å². The van der Waals surface area contributed by atoms with E-state index >= 15 is 0 Å². The van der Waals surface area contributed by atoms with E-state index in [1.54, 1.807) is 36.1 Å². The lowest BCUT2D eigenvalue weighted by Crippen LogP contribution is -2.18. The van der Waals surface area contributed by atoms with Gasteiger partial charge in [-0.25, -0.2) is 14.4 Å². The highest BCUT2D eigenvalue weighted by Gasteiger charge is 2.10. The highest BCUT2D eigenvalue weighted by atomic mass is 32.1. The van der Waals surface area contributed by atoms with Crippen molar-refractivity contribution in [3.05, 3.63) is 53.2 Å². The molecule has 3 aromatic rings. The lowest BCUT2D eigenvalue weighted by molar-refractivity contribution is -0.116. The average Bonchev–Trinajstić information content (AvgIpc) is 3.11. The van der Waals surface area contributed by atoms with Gasteiger partial charge >= 0.3 is 0 Å². The standard InChI is InChI=1S/C16H15FN4OS/c1-10-3-4-13(12(17)5-10)20-15(22)7-21-6-14(18-9-21)16-19-11(2)8-23-16/h3-6,8-9H,7H2,1-2H3,(H,20,22). The molecule has 0 spiro atoms. The molecule has 0 aliphatic carbocycles. The van der Waals surface area contributed by atoms with Crippen LogP contribution < -0.4 is 5.32 Å². The van der Waals surface area contributed by atoms with E-state index < -0.39 is 5.82 Å². The fourth-order valence-corrected chi connectivity index (χ4v) is 2.86. The van der Waals surface area contributed by atoms with Crippen molar-refractivity contribution in [1.82, 2.24) is 14.5 Å². The zero-order valence-electron chi connectivity index (χ0n) is 12.7. The van der Waals surface area contributed by atoms with Crippen LogP contribution in [0.25, 0.3) is 10.7 Å². The Morgan fingerprint density at radius 3 is 2.91 bits per heavy atom. The highest BCUT2D eigenvalue weighted by Crippen LogP contribution is 2.21. The summed E-state index contributed by atoms with van der Waals surface area (Å²) in [5, 5.41) is 5.32. The predicted molar refractivity (Wildman–Crippen MR) is 87.8 cm³/mol. The molecule has 0 aliphatic rings. The zero-order valence-corrected chi connectivity index (χ0v) is 13.5. The van der Waals surface area contributed by atoms with Crippen molar-refractivity contribution >= 4 is 22.9 Å². The highest BCUT2D eigenvalue weighted by molar-refractivity contribution is 7.13. The van der Waals surface area contributed by atoms with Gasteiger partial charge in [0.25, 0.3) is 0 Å². The monoisotopic (exact) mass is 330 g/mol. The van der Waals surface area contributed by atoms with Gasteiger partial charge in [-0.1, -0.05) is 6.07 Å². The quantitative estimate of drug-likeness (QED) is 0.797. The summed E-state index contributed by atoms with van der Waals surface area (Å²) in [6.45, 7) is 3.77. The topological polar surface area (TPSA) is 59.8 Å². The number of hydrogen-bond donors (Lipinski definition) is 1. The van der Waals surface area contributed by atoms with E-state index in [0.717, 1.165) is 22.0 Å². The Hall–Kier alpha value is -2.54. The smallest absolute Gasteiger partial charge is 0.244 e. The van der Waals surface area contributed by atoms with Crippen molar-refractivity contribution in [1.29, 1.82) is 0 Å². The number of rotatable bonds is 4. The first-order valence-electron chi connectivity index (χ1n) is 7.01. The number of benzene rings is 1. The molecule has 0 unspecified atom stereocenters. The molecule has 0 radical (unpaired) electrons. The van der Waals surface area contributed by atoms with Gasteiger partial charge < -0.3 is 9.88 Å². The fourth-order valence-electron chi connectivity index (χ4n) is 2.11. The molecule has 23 heavy (non-hydrogen) atoms. The summed E-state index contributed by atoms with van der Waals surface area (Å²) in [5.41, 5.74) is 2.64. The second-order valence-corrected chi connectivity index (χ2v) is 6.11. The van der Waals surface area contributed by atoms with Crippen LogP contribution in [0.1, 0.15) is 11.3 Å². The molecule has 0 bridgehead atoms. The molecule has 0 atom stereocenters. The molecular weight excluding hydrogens is 315 g/mol. The maximum atomic E-state index is 13.7. The van der Waals surface area contributed by atoms with Crippen molar-refractivity contribution in [3.63, 3.8) is 0 Å². The van der Waals surface area contributed by atoms with E-state index in [4.69, 9.17) is 0 Å². The maximum Gasteiger partial charge on any atom is 0.244 e. The van der Waals surface area contributed by atoms with Crippen LogP contribution in [-0.4, -0.2) is 20.4 Å². The van der Waals surface area contributed by atoms with Crippen molar-refractivity contribution in [3.8, 4) is 10.7 Å². The first-order valence-corrected chi connectivity index (χ1v) is 7.89. The predicted octanol–water partition coefficient (Wildman–Crippen LogP) is 3.40. The molecule has 2 aromatic heterocycles. The summed E-state index contributed by atoms with van der Waals surface area (Å²) in [7, 11) is 0. The molecule has 1 amide bonds. The number of anilines is 1. The van der Waals surface area contributed by atoms with E-state index in [-0.39, 0.29) is 18.1 Å². The van der Waals surface area contributed by atoms with Gasteiger partial charge in [0.2, 0.25) is 5.91 Å². The average molecular weight is 330 g/mol. The summed E-state index contributed by atoms with van der Waals surface area (Å²) in [4.78, 5) is 20.6. The first kappa shape index (κ1) is 15.4. The number of amides is 1.